The van der Waals surface area contributed by atoms with Crippen LogP contribution in [-0.2, 0) is 11.8 Å². The lowest BCUT2D eigenvalue weighted by molar-refractivity contribution is 0.0985. The quantitative estimate of drug-likeness (QED) is 0.541. The molecule has 0 amide bonds. The molecular formula is C21H25N9O. The number of fused-ring (bicyclic) bond motifs is 1. The highest BCUT2D eigenvalue weighted by molar-refractivity contribution is 6.02. The maximum atomic E-state index is 5.66. The first-order valence-electron chi connectivity index (χ1n) is 10.7. The Morgan fingerprint density at radius 3 is 2.74 bits per heavy atom. The third-order valence-electron chi connectivity index (χ3n) is 6.23. The Bertz CT molecular complexity index is 1220. The van der Waals surface area contributed by atoms with Crippen molar-refractivity contribution in [1.82, 2.24) is 34.7 Å². The average molecular weight is 419 g/mol. The number of anilines is 2. The minimum Gasteiger partial charge on any atom is -0.377 e. The maximum Gasteiger partial charge on any atom is 0.169 e. The first kappa shape index (κ1) is 18.4. The molecule has 10 nitrogen and oxygen atoms in total. The molecule has 4 aromatic rings. The second-order valence-corrected chi connectivity index (χ2v) is 8.20. The first-order valence-corrected chi connectivity index (χ1v) is 10.7. The van der Waals surface area contributed by atoms with E-state index in [1.165, 1.54) is 6.42 Å². The van der Waals surface area contributed by atoms with Gasteiger partial charge in [-0.15, -0.1) is 5.10 Å². The minimum atomic E-state index is 0.247. The number of ether oxygens (including phenoxy) is 1. The summed E-state index contributed by atoms with van der Waals surface area (Å²) in [5.41, 5.74) is 2.95. The molecule has 10 heteroatoms. The zero-order chi connectivity index (χ0) is 20.9. The fraction of sp³-hybridized carbons (Fsp3) is 0.429. The topological polar surface area (TPSA) is 92.9 Å². The first-order chi connectivity index (χ1) is 15.2. The lowest BCUT2D eigenvalue weighted by atomic mass is 10.1. The van der Waals surface area contributed by atoms with Gasteiger partial charge < -0.3 is 14.5 Å². The van der Waals surface area contributed by atoms with Crippen LogP contribution >= 0.6 is 0 Å². The van der Waals surface area contributed by atoms with Crippen LogP contribution in [0, 0.1) is 0 Å². The van der Waals surface area contributed by atoms with Crippen LogP contribution in [0.25, 0.3) is 28.1 Å². The predicted octanol–water partition coefficient (Wildman–Crippen LogP) is 1.98. The molecule has 0 bridgehead atoms. The molecule has 160 valence electrons. The van der Waals surface area contributed by atoms with E-state index in [0.29, 0.717) is 13.2 Å². The molecule has 2 fully saturated rings. The molecule has 1 N–H and O–H groups in total. The van der Waals surface area contributed by atoms with Gasteiger partial charge in [0.25, 0.3) is 0 Å². The normalized spacial score (nSPS) is 19.2. The fourth-order valence-corrected chi connectivity index (χ4v) is 4.42. The van der Waals surface area contributed by atoms with Crippen molar-refractivity contribution >= 4 is 22.7 Å². The Morgan fingerprint density at radius 1 is 1.16 bits per heavy atom. The summed E-state index contributed by atoms with van der Waals surface area (Å²) in [5, 5.41) is 17.7. The number of nitrogens with one attached hydrogen (secondary N) is 1. The zero-order valence-electron chi connectivity index (χ0n) is 17.7. The van der Waals surface area contributed by atoms with E-state index >= 15 is 0 Å². The zero-order valence-corrected chi connectivity index (χ0v) is 17.7. The molecule has 6 rings (SSSR count). The van der Waals surface area contributed by atoms with Crippen molar-refractivity contribution in [3.05, 3.63) is 30.6 Å². The predicted molar refractivity (Wildman–Crippen MR) is 118 cm³/mol. The summed E-state index contributed by atoms with van der Waals surface area (Å²) in [6, 6.07) is 6.40. The number of aromatic amines is 1. The Labute approximate surface area is 179 Å². The monoisotopic (exact) mass is 419 g/mol. The number of pyridine rings is 1. The van der Waals surface area contributed by atoms with Crippen molar-refractivity contribution < 1.29 is 4.74 Å². The van der Waals surface area contributed by atoms with E-state index in [9.17, 15) is 0 Å². The summed E-state index contributed by atoms with van der Waals surface area (Å²) >= 11 is 0. The summed E-state index contributed by atoms with van der Waals surface area (Å²) in [6.07, 6.45) is 4.75. The summed E-state index contributed by atoms with van der Waals surface area (Å²) in [4.78, 5) is 9.76. The van der Waals surface area contributed by atoms with Crippen molar-refractivity contribution in [2.45, 2.75) is 19.4 Å². The van der Waals surface area contributed by atoms with E-state index in [2.05, 4.69) is 44.2 Å². The fourth-order valence-electron chi connectivity index (χ4n) is 4.42. The molecule has 0 spiro atoms. The maximum absolute atomic E-state index is 5.66. The van der Waals surface area contributed by atoms with Crippen molar-refractivity contribution in [2.24, 2.45) is 7.05 Å². The third kappa shape index (κ3) is 2.89. The van der Waals surface area contributed by atoms with Gasteiger partial charge in [-0.2, -0.15) is 14.9 Å². The van der Waals surface area contributed by atoms with Crippen LogP contribution in [0.15, 0.2) is 30.6 Å². The summed E-state index contributed by atoms with van der Waals surface area (Å²) in [7, 11) is 1.97. The smallest absolute Gasteiger partial charge is 0.169 e. The highest BCUT2D eigenvalue weighted by Crippen LogP contribution is 2.39. The van der Waals surface area contributed by atoms with E-state index in [1.54, 1.807) is 6.20 Å². The van der Waals surface area contributed by atoms with Gasteiger partial charge in [0.2, 0.25) is 0 Å². The SMILES string of the molecule is C[C@@H]1COCCN1c1cc(-c2ccnn2C)c2c(N3CCC3)nn(-c3ccn[nH]3)c2n1. The molecule has 0 saturated carbocycles. The number of morpholine rings is 1. The molecule has 2 aliphatic heterocycles. The largest absolute Gasteiger partial charge is 0.377 e. The van der Waals surface area contributed by atoms with E-state index < -0.39 is 0 Å². The van der Waals surface area contributed by atoms with Gasteiger partial charge in [0.15, 0.2) is 17.3 Å². The van der Waals surface area contributed by atoms with Crippen molar-refractivity contribution in [3.63, 3.8) is 0 Å². The Kier molecular flexibility index (Phi) is 4.20. The molecule has 31 heavy (non-hydrogen) atoms. The molecule has 0 aliphatic carbocycles. The van der Waals surface area contributed by atoms with Crippen LogP contribution in [0.4, 0.5) is 11.6 Å². The Morgan fingerprint density at radius 2 is 2.06 bits per heavy atom. The number of hydrogen-bond acceptors (Lipinski definition) is 7. The van der Waals surface area contributed by atoms with Crippen molar-refractivity contribution in [1.29, 1.82) is 0 Å². The number of nitrogens with zero attached hydrogens (tertiary/aromatic N) is 8. The van der Waals surface area contributed by atoms with Gasteiger partial charge >= 0.3 is 0 Å². The Balaban J connectivity index is 1.65. The van der Waals surface area contributed by atoms with Gasteiger partial charge in [-0.25, -0.2) is 4.98 Å². The molecule has 0 aromatic carbocycles. The minimum absolute atomic E-state index is 0.247. The third-order valence-corrected chi connectivity index (χ3v) is 6.23. The van der Waals surface area contributed by atoms with Crippen molar-refractivity contribution in [3.8, 4) is 17.1 Å². The number of H-pyrrole nitrogens is 1. The molecule has 6 heterocycles. The number of rotatable bonds is 4. The summed E-state index contributed by atoms with van der Waals surface area (Å²) in [5.74, 6) is 2.68. The van der Waals surface area contributed by atoms with Crippen LogP contribution in [0.2, 0.25) is 0 Å². The van der Waals surface area contributed by atoms with Crippen LogP contribution in [0.3, 0.4) is 0 Å². The molecule has 4 aromatic heterocycles. The van der Waals surface area contributed by atoms with Crippen LogP contribution < -0.4 is 9.80 Å². The van der Waals surface area contributed by atoms with Gasteiger partial charge in [-0.3, -0.25) is 9.78 Å². The lowest BCUT2D eigenvalue weighted by Crippen LogP contribution is -2.44. The molecule has 2 aliphatic rings. The molecule has 1 atom stereocenters. The number of aryl methyl sites for hydroxylation is 1. The second-order valence-electron chi connectivity index (χ2n) is 8.20. The van der Waals surface area contributed by atoms with Crippen LogP contribution in [0.5, 0.6) is 0 Å². The highest BCUT2D eigenvalue weighted by Gasteiger charge is 2.29. The van der Waals surface area contributed by atoms with Gasteiger partial charge in [0, 0.05) is 44.5 Å². The Hall–Kier alpha value is -3.40. The standard InChI is InChI=1S/C21H25N9O/c1-14-13-31-11-10-29(14)18-12-15(16-4-7-23-27(16)2)19-20(24-18)30(17-5-6-22-25-17)26-21(19)28-8-3-9-28/h4-7,12,14H,3,8-11,13H2,1-2H3,(H,22,25)/t14-/m1/s1. The van der Waals surface area contributed by atoms with Gasteiger partial charge in [0.1, 0.15) is 5.82 Å². The number of hydrogen-bond donors (Lipinski definition) is 1. The van der Waals surface area contributed by atoms with Gasteiger partial charge in [-0.05, 0) is 25.5 Å². The average Bonchev–Trinajstić information content (AvgIpc) is 3.47. The van der Waals surface area contributed by atoms with E-state index in [0.717, 1.165) is 59.4 Å². The summed E-state index contributed by atoms with van der Waals surface area (Å²) in [6.45, 7) is 6.38. The van der Waals surface area contributed by atoms with Crippen molar-refractivity contribution in [2.75, 3.05) is 42.6 Å². The molecule has 2 saturated heterocycles. The van der Waals surface area contributed by atoms with E-state index in [-0.39, 0.29) is 6.04 Å². The molecule has 0 radical (unpaired) electrons. The van der Waals surface area contributed by atoms with Gasteiger partial charge in [-0.1, -0.05) is 0 Å². The number of aromatic nitrogens is 7. The van der Waals surface area contributed by atoms with Crippen LogP contribution in [-0.4, -0.2) is 73.6 Å². The lowest BCUT2D eigenvalue weighted by Gasteiger charge is -2.34. The van der Waals surface area contributed by atoms with Crippen LogP contribution in [0.1, 0.15) is 13.3 Å². The highest BCUT2D eigenvalue weighted by atomic mass is 16.5. The molecular weight excluding hydrogens is 394 g/mol. The summed E-state index contributed by atoms with van der Waals surface area (Å²) < 4.78 is 9.45. The molecule has 0 unspecified atom stereocenters. The second kappa shape index (κ2) is 7.09. The van der Waals surface area contributed by atoms with E-state index in [1.807, 2.05) is 28.7 Å². The van der Waals surface area contributed by atoms with E-state index in [4.69, 9.17) is 14.8 Å². The van der Waals surface area contributed by atoms with Gasteiger partial charge in [0.05, 0.1) is 36.5 Å².